The van der Waals surface area contributed by atoms with Gasteiger partial charge in [0.1, 0.15) is 5.75 Å². The van der Waals surface area contributed by atoms with E-state index in [4.69, 9.17) is 5.14 Å². The lowest BCUT2D eigenvalue weighted by Gasteiger charge is -2.08. The highest BCUT2D eigenvalue weighted by Crippen LogP contribution is 2.27. The highest BCUT2D eigenvalue weighted by Gasteiger charge is 2.23. The Labute approximate surface area is 85.7 Å². The minimum Gasteiger partial charge on any atom is -0.495 e. The van der Waals surface area contributed by atoms with Crippen LogP contribution in [-0.2, 0) is 10.0 Å². The maximum atomic E-state index is 13.4. The topological polar surface area (TPSA) is 86.5 Å². The molecular formula is C8H8FNO4S. The Morgan fingerprint density at radius 1 is 1.47 bits per heavy atom. The number of halogens is 1. The first-order valence-corrected chi connectivity index (χ1v) is 5.31. The maximum absolute atomic E-state index is 13.4. The van der Waals surface area contributed by atoms with E-state index in [1.807, 2.05) is 0 Å². The summed E-state index contributed by atoms with van der Waals surface area (Å²) in [6, 6.07) is 2.27. The number of rotatable bonds is 3. The number of hydrogen-bond donors (Lipinski definition) is 1. The van der Waals surface area contributed by atoms with Crippen LogP contribution in [0.5, 0.6) is 5.75 Å². The first kappa shape index (κ1) is 11.6. The molecule has 15 heavy (non-hydrogen) atoms. The van der Waals surface area contributed by atoms with E-state index in [9.17, 15) is 17.6 Å². The summed E-state index contributed by atoms with van der Waals surface area (Å²) in [6.07, 6.45) is 0.198. The number of sulfonamides is 1. The zero-order valence-electron chi connectivity index (χ0n) is 7.73. The second-order valence-electron chi connectivity index (χ2n) is 2.66. The van der Waals surface area contributed by atoms with E-state index in [0.29, 0.717) is 0 Å². The average molecular weight is 233 g/mol. The van der Waals surface area contributed by atoms with Crippen LogP contribution in [0.25, 0.3) is 0 Å². The van der Waals surface area contributed by atoms with Crippen molar-refractivity contribution in [1.82, 2.24) is 0 Å². The molecule has 1 rings (SSSR count). The predicted octanol–water partition coefficient (Wildman–Crippen LogP) is 0.294. The molecule has 0 saturated heterocycles. The van der Waals surface area contributed by atoms with Crippen LogP contribution in [0.2, 0.25) is 0 Å². The summed E-state index contributed by atoms with van der Waals surface area (Å²) in [5.41, 5.74) is -0.389. The quantitative estimate of drug-likeness (QED) is 0.760. The van der Waals surface area contributed by atoms with Gasteiger partial charge in [0.15, 0.2) is 17.0 Å². The van der Waals surface area contributed by atoms with Crippen LogP contribution >= 0.6 is 0 Å². The van der Waals surface area contributed by atoms with Gasteiger partial charge < -0.3 is 4.74 Å². The molecule has 0 heterocycles. The van der Waals surface area contributed by atoms with Crippen molar-refractivity contribution in [2.75, 3.05) is 7.11 Å². The third-order valence-electron chi connectivity index (χ3n) is 1.72. The Hall–Kier alpha value is -1.47. The Bertz CT molecular complexity index is 498. The number of aldehydes is 1. The van der Waals surface area contributed by atoms with Crippen molar-refractivity contribution in [1.29, 1.82) is 0 Å². The number of carbonyl (C=O) groups is 1. The molecule has 0 amide bonds. The van der Waals surface area contributed by atoms with Crippen LogP contribution in [0, 0.1) is 5.82 Å². The van der Waals surface area contributed by atoms with Crippen molar-refractivity contribution < 1.29 is 22.3 Å². The van der Waals surface area contributed by atoms with Gasteiger partial charge in [0.05, 0.1) is 12.7 Å². The second-order valence-corrected chi connectivity index (χ2v) is 4.16. The first-order chi connectivity index (χ1) is 6.91. The molecule has 0 saturated carbocycles. The van der Waals surface area contributed by atoms with Crippen molar-refractivity contribution in [3.8, 4) is 5.75 Å². The minimum atomic E-state index is -4.27. The van der Waals surface area contributed by atoms with Gasteiger partial charge in [0.2, 0.25) is 10.0 Å². The number of primary sulfonamides is 1. The van der Waals surface area contributed by atoms with E-state index >= 15 is 0 Å². The van der Waals surface area contributed by atoms with E-state index in [1.165, 1.54) is 7.11 Å². The standard InChI is InChI=1S/C8H8FNO4S/c1-14-6-3-2-5(4-11)7(9)8(6)15(10,12)13/h2-4H,1H3,(H2,10,12,13). The molecule has 0 aromatic heterocycles. The Kier molecular flexibility index (Phi) is 3.06. The zero-order valence-corrected chi connectivity index (χ0v) is 8.55. The molecule has 7 heteroatoms. The van der Waals surface area contributed by atoms with Gasteiger partial charge in [-0.25, -0.2) is 17.9 Å². The highest BCUT2D eigenvalue weighted by molar-refractivity contribution is 7.89. The van der Waals surface area contributed by atoms with Crippen molar-refractivity contribution >= 4 is 16.3 Å². The molecule has 0 fully saturated rings. The first-order valence-electron chi connectivity index (χ1n) is 3.76. The molecule has 0 aliphatic rings. The Balaban J connectivity index is 3.65. The fourth-order valence-corrected chi connectivity index (χ4v) is 1.87. The summed E-state index contributed by atoms with van der Waals surface area (Å²) in [5, 5.41) is 4.79. The zero-order chi connectivity index (χ0) is 11.6. The third kappa shape index (κ3) is 2.13. The van der Waals surface area contributed by atoms with E-state index in [2.05, 4.69) is 4.74 Å². The molecule has 82 valence electrons. The van der Waals surface area contributed by atoms with Crippen LogP contribution in [-0.4, -0.2) is 21.8 Å². The summed E-state index contributed by atoms with van der Waals surface area (Å²) in [6.45, 7) is 0. The number of hydrogen-bond acceptors (Lipinski definition) is 4. The molecular weight excluding hydrogens is 225 g/mol. The van der Waals surface area contributed by atoms with E-state index in [-0.39, 0.29) is 17.6 Å². The molecule has 5 nitrogen and oxygen atoms in total. The molecule has 2 N–H and O–H groups in total. The summed E-state index contributed by atoms with van der Waals surface area (Å²) in [4.78, 5) is 9.58. The lowest BCUT2D eigenvalue weighted by Crippen LogP contribution is -2.16. The summed E-state index contributed by atoms with van der Waals surface area (Å²) >= 11 is 0. The van der Waals surface area contributed by atoms with Crippen LogP contribution < -0.4 is 9.88 Å². The van der Waals surface area contributed by atoms with E-state index in [0.717, 1.165) is 12.1 Å². The largest absolute Gasteiger partial charge is 0.495 e. The van der Waals surface area contributed by atoms with Crippen molar-refractivity contribution in [3.05, 3.63) is 23.5 Å². The van der Waals surface area contributed by atoms with Gasteiger partial charge >= 0.3 is 0 Å². The summed E-state index contributed by atoms with van der Waals surface area (Å²) in [7, 11) is -3.10. The smallest absolute Gasteiger partial charge is 0.244 e. The van der Waals surface area contributed by atoms with E-state index in [1.54, 1.807) is 0 Å². The molecule has 0 bridgehead atoms. The second kappa shape index (κ2) is 3.95. The Morgan fingerprint density at radius 3 is 2.47 bits per heavy atom. The number of ether oxygens (including phenoxy) is 1. The highest BCUT2D eigenvalue weighted by atomic mass is 32.2. The predicted molar refractivity (Wildman–Crippen MR) is 49.7 cm³/mol. The van der Waals surface area contributed by atoms with Crippen LogP contribution in [0.1, 0.15) is 10.4 Å². The lowest BCUT2D eigenvalue weighted by molar-refractivity contribution is 0.111. The minimum absolute atomic E-state index is 0.198. The normalized spacial score (nSPS) is 11.1. The fraction of sp³-hybridized carbons (Fsp3) is 0.125. The molecule has 0 radical (unpaired) electrons. The van der Waals surface area contributed by atoms with Gasteiger partial charge in [-0.1, -0.05) is 0 Å². The molecule has 0 unspecified atom stereocenters. The number of carbonyl (C=O) groups excluding carboxylic acids is 1. The monoisotopic (exact) mass is 233 g/mol. The number of nitrogens with two attached hydrogens (primary N) is 1. The molecule has 0 atom stereocenters. The molecule has 0 aliphatic heterocycles. The fourth-order valence-electron chi connectivity index (χ4n) is 1.07. The molecule has 1 aromatic carbocycles. The van der Waals surface area contributed by atoms with Gasteiger partial charge in [-0.05, 0) is 12.1 Å². The van der Waals surface area contributed by atoms with Crippen molar-refractivity contribution in [2.45, 2.75) is 4.90 Å². The third-order valence-corrected chi connectivity index (χ3v) is 2.67. The Morgan fingerprint density at radius 2 is 2.07 bits per heavy atom. The van der Waals surface area contributed by atoms with Crippen molar-refractivity contribution in [3.63, 3.8) is 0 Å². The summed E-state index contributed by atoms with van der Waals surface area (Å²) in [5.74, 6) is -1.44. The number of methoxy groups -OCH3 is 1. The van der Waals surface area contributed by atoms with Crippen molar-refractivity contribution in [2.24, 2.45) is 5.14 Å². The SMILES string of the molecule is COc1ccc(C=O)c(F)c1S(N)(=O)=O. The molecule has 0 aliphatic carbocycles. The number of benzene rings is 1. The van der Waals surface area contributed by atoms with Gasteiger partial charge in [-0.3, -0.25) is 4.79 Å². The maximum Gasteiger partial charge on any atom is 0.244 e. The van der Waals surface area contributed by atoms with Crippen LogP contribution in [0.4, 0.5) is 4.39 Å². The van der Waals surface area contributed by atoms with E-state index < -0.39 is 20.7 Å². The van der Waals surface area contributed by atoms with Crippen LogP contribution in [0.3, 0.4) is 0 Å². The summed E-state index contributed by atoms with van der Waals surface area (Å²) < 4.78 is 40.2. The van der Waals surface area contributed by atoms with Gasteiger partial charge in [0.25, 0.3) is 0 Å². The lowest BCUT2D eigenvalue weighted by atomic mass is 10.2. The molecule has 1 aromatic rings. The average Bonchev–Trinajstić information content (AvgIpc) is 2.15. The van der Waals surface area contributed by atoms with Crippen LogP contribution in [0.15, 0.2) is 17.0 Å². The van der Waals surface area contributed by atoms with Gasteiger partial charge in [0, 0.05) is 0 Å². The van der Waals surface area contributed by atoms with Gasteiger partial charge in [-0.15, -0.1) is 0 Å². The van der Waals surface area contributed by atoms with Gasteiger partial charge in [-0.2, -0.15) is 0 Å². The molecule has 0 spiro atoms.